The van der Waals surface area contributed by atoms with Crippen molar-refractivity contribution in [1.29, 1.82) is 0 Å². The Bertz CT molecular complexity index is 636. The summed E-state index contributed by atoms with van der Waals surface area (Å²) in [5.74, 6) is -0.767. The van der Waals surface area contributed by atoms with Crippen molar-refractivity contribution >= 4 is 24.0 Å². The smallest absolute Gasteiger partial charge is 0.295 e. The quantitative estimate of drug-likeness (QED) is 0.803. The number of aromatic nitrogens is 2. The first-order valence-electron chi connectivity index (χ1n) is 5.91. The number of carbonyl (C=O) groups excluding carboxylic acids is 2. The molecule has 1 aliphatic heterocycles. The Morgan fingerprint density at radius 1 is 1.21 bits per heavy atom. The predicted molar refractivity (Wildman–Crippen MR) is 71.3 cm³/mol. The van der Waals surface area contributed by atoms with E-state index in [0.29, 0.717) is 17.8 Å². The normalized spacial score (nSPS) is 19.1. The van der Waals surface area contributed by atoms with Crippen LogP contribution in [0.5, 0.6) is 0 Å². The van der Waals surface area contributed by atoms with Crippen LogP contribution >= 0.6 is 0 Å². The van der Waals surface area contributed by atoms with Crippen LogP contribution in [0.15, 0.2) is 18.0 Å². The Hall–Kier alpha value is -2.37. The third-order valence-corrected chi connectivity index (χ3v) is 3.28. The summed E-state index contributed by atoms with van der Waals surface area (Å²) in [7, 11) is 1.61. The molecule has 0 aliphatic carbocycles. The molecule has 0 radical (unpaired) electrons. The molecule has 1 unspecified atom stereocenters. The van der Waals surface area contributed by atoms with Crippen LogP contribution in [0, 0.1) is 0 Å². The van der Waals surface area contributed by atoms with E-state index in [-0.39, 0.29) is 18.0 Å². The fraction of sp³-hybridized carbons (Fsp3) is 0.308. The van der Waals surface area contributed by atoms with Gasteiger partial charge in [0.25, 0.3) is 0 Å². The number of amides is 2. The molecule has 0 bridgehead atoms. The molecule has 19 heavy (non-hydrogen) atoms. The Kier molecular flexibility index (Phi) is 3.25. The monoisotopic (exact) mass is 261 g/mol. The molecule has 1 fully saturated rings. The molecule has 1 aromatic rings. The summed E-state index contributed by atoms with van der Waals surface area (Å²) in [5.41, 5.74) is 0.820. The van der Waals surface area contributed by atoms with E-state index < -0.39 is 11.9 Å². The zero-order chi connectivity index (χ0) is 14.2. The lowest BCUT2D eigenvalue weighted by Gasteiger charge is -2.22. The topological polar surface area (TPSA) is 73.1 Å². The molecule has 1 aliphatic rings. The maximum atomic E-state index is 12.2. The van der Waals surface area contributed by atoms with E-state index in [9.17, 15) is 14.4 Å². The molecule has 0 aromatic carbocycles. The highest BCUT2D eigenvalue weighted by Gasteiger charge is 2.31. The maximum absolute atomic E-state index is 12.2. The zero-order valence-electron chi connectivity index (χ0n) is 10.7. The van der Waals surface area contributed by atoms with Gasteiger partial charge in [-0.1, -0.05) is 13.2 Å². The van der Waals surface area contributed by atoms with E-state index >= 15 is 0 Å². The Balaban J connectivity index is 2.60. The first-order valence-corrected chi connectivity index (χ1v) is 5.91. The van der Waals surface area contributed by atoms with Crippen molar-refractivity contribution in [2.75, 3.05) is 0 Å². The summed E-state index contributed by atoms with van der Waals surface area (Å²) < 4.78 is 2.78. The van der Waals surface area contributed by atoms with Gasteiger partial charge >= 0.3 is 5.69 Å². The lowest BCUT2D eigenvalue weighted by Crippen LogP contribution is -2.44. The van der Waals surface area contributed by atoms with Crippen molar-refractivity contribution in [3.05, 3.63) is 35.0 Å². The number of carbonyl (C=O) groups is 2. The first-order chi connectivity index (χ1) is 9.01. The van der Waals surface area contributed by atoms with Crippen LogP contribution in [0.4, 0.5) is 0 Å². The molecule has 1 atom stereocenters. The Morgan fingerprint density at radius 3 is 2.37 bits per heavy atom. The summed E-state index contributed by atoms with van der Waals surface area (Å²) in [6, 6.07) is -0.682. The van der Waals surface area contributed by atoms with Crippen molar-refractivity contribution in [3.8, 4) is 0 Å². The van der Waals surface area contributed by atoms with Gasteiger partial charge in [0.05, 0.1) is 11.4 Å². The molecule has 6 heteroatoms. The summed E-state index contributed by atoms with van der Waals surface area (Å²) in [6.45, 7) is 7.33. The van der Waals surface area contributed by atoms with Crippen molar-refractivity contribution in [1.82, 2.24) is 14.5 Å². The SMILES string of the molecule is C=Cc1c(C=C)n(C2CCC(=O)NC2=O)c(=O)n1C. The average molecular weight is 261 g/mol. The standard InChI is InChI=1S/C13H15N3O3/c1-4-8-9(5-2)16(13(19)15(8)3)10-6-7-11(17)14-12(10)18/h4-5,10H,1-2,6-7H2,3H3,(H,14,17,18). The number of hydrogen-bond donors (Lipinski definition) is 1. The van der Waals surface area contributed by atoms with E-state index in [1.807, 2.05) is 0 Å². The van der Waals surface area contributed by atoms with Crippen LogP contribution in [-0.2, 0) is 16.6 Å². The van der Waals surface area contributed by atoms with Gasteiger partial charge in [-0.3, -0.25) is 24.0 Å². The molecular formula is C13H15N3O3. The number of nitrogens with one attached hydrogen (secondary N) is 1. The van der Waals surface area contributed by atoms with Crippen molar-refractivity contribution in [2.45, 2.75) is 18.9 Å². The molecule has 0 saturated carbocycles. The molecule has 2 heterocycles. The minimum absolute atomic E-state index is 0.220. The number of piperidine rings is 1. The highest BCUT2D eigenvalue weighted by molar-refractivity contribution is 5.99. The largest absolute Gasteiger partial charge is 0.329 e. The highest BCUT2D eigenvalue weighted by atomic mass is 16.2. The summed E-state index contributed by atoms with van der Waals surface area (Å²) in [6.07, 6.45) is 3.59. The third kappa shape index (κ3) is 1.95. The minimum Gasteiger partial charge on any atom is -0.295 e. The van der Waals surface area contributed by atoms with Gasteiger partial charge in [-0.15, -0.1) is 0 Å². The van der Waals surface area contributed by atoms with E-state index in [4.69, 9.17) is 0 Å². The van der Waals surface area contributed by atoms with Crippen LogP contribution < -0.4 is 11.0 Å². The Labute approximate surface area is 110 Å². The number of imide groups is 1. The lowest BCUT2D eigenvalue weighted by molar-refractivity contribution is -0.135. The van der Waals surface area contributed by atoms with Gasteiger partial charge in [0, 0.05) is 13.5 Å². The average Bonchev–Trinajstić information content (AvgIpc) is 2.62. The molecule has 0 spiro atoms. The van der Waals surface area contributed by atoms with Gasteiger partial charge in [-0.05, 0) is 18.6 Å². The summed E-state index contributed by atoms with van der Waals surface area (Å²) in [4.78, 5) is 35.3. The minimum atomic E-state index is -0.682. The third-order valence-electron chi connectivity index (χ3n) is 3.28. The van der Waals surface area contributed by atoms with Crippen LogP contribution in [-0.4, -0.2) is 20.9 Å². The zero-order valence-corrected chi connectivity index (χ0v) is 10.7. The molecule has 6 nitrogen and oxygen atoms in total. The second-order valence-electron chi connectivity index (χ2n) is 4.36. The van der Waals surface area contributed by atoms with E-state index in [0.717, 1.165) is 0 Å². The molecule has 2 amide bonds. The van der Waals surface area contributed by atoms with Crippen molar-refractivity contribution in [2.24, 2.45) is 7.05 Å². The first kappa shape index (κ1) is 13.1. The fourth-order valence-corrected chi connectivity index (χ4v) is 2.34. The van der Waals surface area contributed by atoms with Crippen LogP contribution in [0.1, 0.15) is 30.3 Å². The molecule has 100 valence electrons. The number of rotatable bonds is 3. The highest BCUT2D eigenvalue weighted by Crippen LogP contribution is 2.22. The van der Waals surface area contributed by atoms with Crippen molar-refractivity contribution < 1.29 is 9.59 Å². The molecule has 1 saturated heterocycles. The second-order valence-corrected chi connectivity index (χ2v) is 4.36. The maximum Gasteiger partial charge on any atom is 0.329 e. The number of imidazole rings is 1. The van der Waals surface area contributed by atoms with Gasteiger partial charge < -0.3 is 0 Å². The van der Waals surface area contributed by atoms with Crippen LogP contribution in [0.2, 0.25) is 0 Å². The molecular weight excluding hydrogens is 246 g/mol. The molecule has 1 N–H and O–H groups in total. The van der Waals surface area contributed by atoms with Crippen LogP contribution in [0.3, 0.4) is 0 Å². The predicted octanol–water partition coefficient (Wildman–Crippen LogP) is 0.450. The number of hydrogen-bond acceptors (Lipinski definition) is 3. The lowest BCUT2D eigenvalue weighted by atomic mass is 10.1. The van der Waals surface area contributed by atoms with Gasteiger partial charge in [0.1, 0.15) is 6.04 Å². The molecule has 1 aromatic heterocycles. The van der Waals surface area contributed by atoms with Gasteiger partial charge in [0.15, 0.2) is 0 Å². The van der Waals surface area contributed by atoms with Gasteiger partial charge in [-0.2, -0.15) is 0 Å². The van der Waals surface area contributed by atoms with Crippen molar-refractivity contribution in [3.63, 3.8) is 0 Å². The fourth-order valence-electron chi connectivity index (χ4n) is 2.34. The van der Waals surface area contributed by atoms with Crippen LogP contribution in [0.25, 0.3) is 12.2 Å². The molecule has 2 rings (SSSR count). The summed E-state index contributed by atoms with van der Waals surface area (Å²) in [5, 5.41) is 2.25. The van der Waals surface area contributed by atoms with E-state index in [2.05, 4.69) is 18.5 Å². The van der Waals surface area contributed by atoms with E-state index in [1.54, 1.807) is 13.1 Å². The summed E-state index contributed by atoms with van der Waals surface area (Å²) >= 11 is 0. The Morgan fingerprint density at radius 2 is 1.84 bits per heavy atom. The second kappa shape index (κ2) is 4.72. The van der Waals surface area contributed by atoms with Gasteiger partial charge in [0.2, 0.25) is 11.8 Å². The number of nitrogens with zero attached hydrogens (tertiary/aromatic N) is 2. The van der Waals surface area contributed by atoms with Gasteiger partial charge in [-0.25, -0.2) is 4.79 Å². The van der Waals surface area contributed by atoms with E-state index in [1.165, 1.54) is 15.2 Å².